The van der Waals surface area contributed by atoms with Gasteiger partial charge >= 0.3 is 0 Å². The van der Waals surface area contributed by atoms with Crippen molar-refractivity contribution in [3.8, 4) is 0 Å². The molecule has 2 aliphatic carbocycles. The number of carbonyl (C=O) groups is 1. The predicted molar refractivity (Wildman–Crippen MR) is 61.9 cm³/mol. The highest BCUT2D eigenvalue weighted by Gasteiger charge is 2.47. The molecular formula is C12H20ClNO. The molecular weight excluding hydrogens is 210 g/mol. The smallest absolute Gasteiger partial charge is 0.223 e. The Bertz CT molecular complexity index is 234. The Morgan fingerprint density at radius 3 is 2.67 bits per heavy atom. The van der Waals surface area contributed by atoms with Crippen molar-refractivity contribution in [3.05, 3.63) is 0 Å². The summed E-state index contributed by atoms with van der Waals surface area (Å²) in [6, 6.07) is 0. The highest BCUT2D eigenvalue weighted by molar-refractivity contribution is 6.20. The molecule has 0 heterocycles. The zero-order valence-electron chi connectivity index (χ0n) is 9.34. The van der Waals surface area contributed by atoms with Crippen LogP contribution in [0.3, 0.4) is 0 Å². The van der Waals surface area contributed by atoms with Crippen molar-refractivity contribution >= 4 is 17.5 Å². The molecule has 0 radical (unpaired) electrons. The lowest BCUT2D eigenvalue weighted by atomic mass is 10.0. The molecule has 2 rings (SSSR count). The van der Waals surface area contributed by atoms with Gasteiger partial charge in [-0.15, -0.1) is 11.6 Å². The second kappa shape index (κ2) is 4.73. The second-order valence-corrected chi connectivity index (χ2v) is 5.63. The van der Waals surface area contributed by atoms with Crippen molar-refractivity contribution in [3.63, 3.8) is 0 Å². The third-order valence-electron chi connectivity index (χ3n) is 3.81. The standard InChI is InChI=1S/C12H20ClNO/c1-2-11(13)3-4-14-12(15)10-6-8-5-9(8)7-10/h8-11H,2-7H2,1H3,(H,14,15). The molecule has 1 N–H and O–H groups in total. The van der Waals surface area contributed by atoms with E-state index >= 15 is 0 Å². The van der Waals surface area contributed by atoms with E-state index < -0.39 is 0 Å². The molecule has 15 heavy (non-hydrogen) atoms. The van der Waals surface area contributed by atoms with Crippen molar-refractivity contribution in [2.75, 3.05) is 6.54 Å². The van der Waals surface area contributed by atoms with Gasteiger partial charge in [0.1, 0.15) is 0 Å². The Kier molecular flexibility index (Phi) is 3.55. The lowest BCUT2D eigenvalue weighted by molar-refractivity contribution is -0.125. The Labute approximate surface area is 96.8 Å². The molecule has 3 unspecified atom stereocenters. The number of alkyl halides is 1. The molecule has 2 saturated carbocycles. The third kappa shape index (κ3) is 2.87. The fraction of sp³-hybridized carbons (Fsp3) is 0.917. The molecule has 2 aliphatic rings. The summed E-state index contributed by atoms with van der Waals surface area (Å²) >= 11 is 5.99. The first-order chi connectivity index (χ1) is 7.20. The summed E-state index contributed by atoms with van der Waals surface area (Å²) in [5.74, 6) is 2.35. The number of amides is 1. The summed E-state index contributed by atoms with van der Waals surface area (Å²) in [6.45, 7) is 2.82. The van der Waals surface area contributed by atoms with Crippen LogP contribution in [0.2, 0.25) is 0 Å². The summed E-state index contributed by atoms with van der Waals surface area (Å²) in [5.41, 5.74) is 0. The Hall–Kier alpha value is -0.240. The largest absolute Gasteiger partial charge is 0.356 e. The Morgan fingerprint density at radius 1 is 1.40 bits per heavy atom. The van der Waals surface area contributed by atoms with Gasteiger partial charge in [-0.1, -0.05) is 6.92 Å². The van der Waals surface area contributed by atoms with Gasteiger partial charge in [-0.3, -0.25) is 4.79 Å². The van der Waals surface area contributed by atoms with E-state index in [1.165, 1.54) is 6.42 Å². The van der Waals surface area contributed by atoms with E-state index in [0.717, 1.165) is 44.1 Å². The van der Waals surface area contributed by atoms with E-state index in [1.807, 2.05) is 0 Å². The summed E-state index contributed by atoms with van der Waals surface area (Å²) in [7, 11) is 0. The Balaban J connectivity index is 1.60. The summed E-state index contributed by atoms with van der Waals surface area (Å²) in [6.07, 6.45) is 5.51. The maximum absolute atomic E-state index is 11.7. The van der Waals surface area contributed by atoms with Gasteiger partial charge in [0.05, 0.1) is 0 Å². The van der Waals surface area contributed by atoms with E-state index in [2.05, 4.69) is 12.2 Å². The quantitative estimate of drug-likeness (QED) is 0.722. The minimum absolute atomic E-state index is 0.210. The zero-order chi connectivity index (χ0) is 10.8. The number of rotatable bonds is 5. The monoisotopic (exact) mass is 229 g/mol. The molecule has 0 aromatic heterocycles. The van der Waals surface area contributed by atoms with Crippen LogP contribution in [0.15, 0.2) is 0 Å². The molecule has 0 aromatic rings. The maximum Gasteiger partial charge on any atom is 0.223 e. The molecule has 2 fully saturated rings. The average Bonchev–Trinajstić information content (AvgIpc) is 2.85. The minimum atomic E-state index is 0.210. The van der Waals surface area contributed by atoms with Crippen molar-refractivity contribution in [1.29, 1.82) is 0 Å². The molecule has 2 nitrogen and oxygen atoms in total. The first-order valence-electron chi connectivity index (χ1n) is 6.12. The molecule has 1 amide bonds. The van der Waals surface area contributed by atoms with Gasteiger partial charge in [0.25, 0.3) is 0 Å². The fourth-order valence-electron chi connectivity index (χ4n) is 2.63. The topological polar surface area (TPSA) is 29.1 Å². The number of nitrogens with one attached hydrogen (secondary N) is 1. The van der Waals surface area contributed by atoms with Crippen molar-refractivity contribution in [1.82, 2.24) is 5.32 Å². The highest BCUT2D eigenvalue weighted by atomic mass is 35.5. The van der Waals surface area contributed by atoms with Gasteiger partial charge in [0.15, 0.2) is 0 Å². The van der Waals surface area contributed by atoms with Crippen molar-refractivity contribution < 1.29 is 4.79 Å². The molecule has 0 saturated heterocycles. The number of carbonyl (C=O) groups excluding carboxylic acids is 1. The SMILES string of the molecule is CCC(Cl)CCNC(=O)C1CC2CC2C1. The summed E-state index contributed by atoms with van der Waals surface area (Å²) in [5, 5.41) is 3.22. The van der Waals surface area contributed by atoms with E-state index in [-0.39, 0.29) is 11.3 Å². The summed E-state index contributed by atoms with van der Waals surface area (Å²) < 4.78 is 0. The van der Waals surface area contributed by atoms with Gasteiger partial charge in [0.2, 0.25) is 5.91 Å². The molecule has 0 bridgehead atoms. The van der Waals surface area contributed by atoms with Crippen LogP contribution in [-0.2, 0) is 4.79 Å². The molecule has 3 atom stereocenters. The van der Waals surface area contributed by atoms with E-state index in [1.54, 1.807) is 0 Å². The van der Waals surface area contributed by atoms with Crippen molar-refractivity contribution in [2.24, 2.45) is 17.8 Å². The van der Waals surface area contributed by atoms with Crippen LogP contribution in [0, 0.1) is 17.8 Å². The Morgan fingerprint density at radius 2 is 2.07 bits per heavy atom. The van der Waals surface area contributed by atoms with E-state index in [9.17, 15) is 4.79 Å². The zero-order valence-corrected chi connectivity index (χ0v) is 10.1. The molecule has 0 spiro atoms. The van der Waals surface area contributed by atoms with Crippen LogP contribution in [-0.4, -0.2) is 17.8 Å². The number of halogens is 1. The average molecular weight is 230 g/mol. The maximum atomic E-state index is 11.7. The number of fused-ring (bicyclic) bond motifs is 1. The highest BCUT2D eigenvalue weighted by Crippen LogP contribution is 2.54. The fourth-order valence-corrected chi connectivity index (χ4v) is 2.74. The van der Waals surface area contributed by atoms with Gasteiger partial charge in [-0.2, -0.15) is 0 Å². The molecule has 0 aromatic carbocycles. The predicted octanol–water partition coefficient (Wildman–Crippen LogP) is 2.56. The van der Waals surface area contributed by atoms with Crippen LogP contribution < -0.4 is 5.32 Å². The summed E-state index contributed by atoms with van der Waals surface area (Å²) in [4.78, 5) is 11.7. The van der Waals surface area contributed by atoms with Crippen LogP contribution in [0.1, 0.15) is 39.0 Å². The van der Waals surface area contributed by atoms with Crippen LogP contribution in [0.4, 0.5) is 0 Å². The van der Waals surface area contributed by atoms with E-state index in [4.69, 9.17) is 11.6 Å². The number of hydrogen-bond donors (Lipinski definition) is 1. The van der Waals surface area contributed by atoms with E-state index in [0.29, 0.717) is 5.92 Å². The first-order valence-corrected chi connectivity index (χ1v) is 6.56. The van der Waals surface area contributed by atoms with Gasteiger partial charge in [-0.05, 0) is 43.9 Å². The van der Waals surface area contributed by atoms with Crippen molar-refractivity contribution in [2.45, 2.75) is 44.4 Å². The van der Waals surface area contributed by atoms with Gasteiger partial charge in [-0.25, -0.2) is 0 Å². The lowest BCUT2D eigenvalue weighted by Crippen LogP contribution is -2.31. The lowest BCUT2D eigenvalue weighted by Gasteiger charge is -2.13. The normalized spacial score (nSPS) is 34.7. The first kappa shape index (κ1) is 11.3. The molecule has 3 heteroatoms. The van der Waals surface area contributed by atoms with Crippen LogP contribution >= 0.6 is 11.6 Å². The molecule has 0 aliphatic heterocycles. The minimum Gasteiger partial charge on any atom is -0.356 e. The second-order valence-electron chi connectivity index (χ2n) is 5.01. The van der Waals surface area contributed by atoms with Gasteiger partial charge < -0.3 is 5.32 Å². The van der Waals surface area contributed by atoms with Crippen LogP contribution in [0.5, 0.6) is 0 Å². The van der Waals surface area contributed by atoms with Gasteiger partial charge in [0, 0.05) is 17.8 Å². The third-order valence-corrected chi connectivity index (χ3v) is 4.34. The van der Waals surface area contributed by atoms with Crippen LogP contribution in [0.25, 0.3) is 0 Å². The number of hydrogen-bond acceptors (Lipinski definition) is 1. The molecule has 86 valence electrons.